The summed E-state index contributed by atoms with van der Waals surface area (Å²) < 4.78 is 48.5. The molecule has 1 aromatic carbocycles. The SMILES string of the molecule is CC(C)(C)OC(=O)N1C2CCC1CC(C(=O)c1ccc(F)cc1OC(F)F)C2. The lowest BCUT2D eigenvalue weighted by Gasteiger charge is -2.39. The van der Waals surface area contributed by atoms with Crippen LogP contribution in [0.4, 0.5) is 18.0 Å². The molecule has 28 heavy (non-hydrogen) atoms. The van der Waals surface area contributed by atoms with Crippen molar-refractivity contribution >= 4 is 11.9 Å². The minimum atomic E-state index is -3.15. The Hall–Kier alpha value is -2.25. The Kier molecular flexibility index (Phi) is 5.59. The smallest absolute Gasteiger partial charge is 0.410 e. The molecule has 2 fully saturated rings. The van der Waals surface area contributed by atoms with E-state index in [9.17, 15) is 22.8 Å². The van der Waals surface area contributed by atoms with Crippen LogP contribution in [0.2, 0.25) is 0 Å². The number of alkyl halides is 2. The van der Waals surface area contributed by atoms with E-state index in [2.05, 4.69) is 4.74 Å². The van der Waals surface area contributed by atoms with Gasteiger partial charge in [-0.1, -0.05) is 0 Å². The van der Waals surface area contributed by atoms with Crippen LogP contribution in [0.1, 0.15) is 56.8 Å². The number of nitrogens with zero attached hydrogens (tertiary/aromatic N) is 1. The van der Waals surface area contributed by atoms with E-state index in [0.717, 1.165) is 25.0 Å². The number of ether oxygens (including phenoxy) is 2. The fourth-order valence-corrected chi connectivity index (χ4v) is 4.12. The molecule has 2 saturated heterocycles. The van der Waals surface area contributed by atoms with Crippen LogP contribution in [0, 0.1) is 11.7 Å². The molecule has 1 aromatic rings. The van der Waals surface area contributed by atoms with Gasteiger partial charge in [-0.15, -0.1) is 0 Å². The van der Waals surface area contributed by atoms with Gasteiger partial charge in [0.1, 0.15) is 17.2 Å². The molecule has 2 atom stereocenters. The zero-order chi connectivity index (χ0) is 20.6. The molecule has 2 bridgehead atoms. The van der Waals surface area contributed by atoms with Crippen molar-refractivity contribution in [2.45, 2.75) is 70.8 Å². The van der Waals surface area contributed by atoms with E-state index >= 15 is 0 Å². The lowest BCUT2D eigenvalue weighted by molar-refractivity contribution is -0.0504. The first-order valence-electron chi connectivity index (χ1n) is 9.35. The number of carbonyl (C=O) groups is 2. The highest BCUT2D eigenvalue weighted by Crippen LogP contribution is 2.41. The normalized spacial score (nSPS) is 24.4. The van der Waals surface area contributed by atoms with Gasteiger partial charge in [-0.3, -0.25) is 4.79 Å². The van der Waals surface area contributed by atoms with Crippen LogP contribution in [0.15, 0.2) is 18.2 Å². The first-order chi connectivity index (χ1) is 13.0. The number of hydrogen-bond donors (Lipinski definition) is 0. The summed E-state index contributed by atoms with van der Waals surface area (Å²) in [4.78, 5) is 27.2. The molecule has 1 amide bonds. The van der Waals surface area contributed by atoms with Crippen molar-refractivity contribution in [2.75, 3.05) is 0 Å². The van der Waals surface area contributed by atoms with Crippen LogP contribution >= 0.6 is 0 Å². The standard InChI is InChI=1S/C20H24F3NO4/c1-20(2,3)28-19(26)24-13-5-6-14(24)9-11(8-13)17(25)15-7-4-12(21)10-16(15)27-18(22)23/h4,7,10-11,13-14,18H,5-6,8-9H2,1-3H3. The third kappa shape index (κ3) is 4.42. The molecule has 0 aromatic heterocycles. The molecule has 8 heteroatoms. The Balaban J connectivity index is 1.76. The second kappa shape index (κ2) is 7.64. The number of halogens is 3. The molecule has 0 aliphatic carbocycles. The van der Waals surface area contributed by atoms with Crippen LogP contribution in [0.5, 0.6) is 5.75 Å². The highest BCUT2D eigenvalue weighted by Gasteiger charge is 2.46. The van der Waals surface area contributed by atoms with E-state index in [1.165, 1.54) is 6.07 Å². The fraction of sp³-hybridized carbons (Fsp3) is 0.600. The number of carbonyl (C=O) groups excluding carboxylic acids is 2. The summed E-state index contributed by atoms with van der Waals surface area (Å²) in [6.45, 7) is 2.23. The summed E-state index contributed by atoms with van der Waals surface area (Å²) in [5.74, 6) is -2.02. The van der Waals surface area contributed by atoms with Gasteiger partial charge >= 0.3 is 12.7 Å². The minimum absolute atomic E-state index is 0.0585. The van der Waals surface area contributed by atoms with Crippen LogP contribution in [0.3, 0.4) is 0 Å². The Morgan fingerprint density at radius 2 is 1.75 bits per heavy atom. The Morgan fingerprint density at radius 1 is 1.14 bits per heavy atom. The third-order valence-electron chi connectivity index (χ3n) is 5.13. The molecule has 3 rings (SSSR count). The number of rotatable bonds is 4. The number of ketones is 1. The van der Waals surface area contributed by atoms with Crippen molar-refractivity contribution in [2.24, 2.45) is 5.92 Å². The van der Waals surface area contributed by atoms with Gasteiger partial charge in [0.25, 0.3) is 0 Å². The van der Waals surface area contributed by atoms with E-state index in [0.29, 0.717) is 12.8 Å². The van der Waals surface area contributed by atoms with E-state index in [-0.39, 0.29) is 23.4 Å². The third-order valence-corrected chi connectivity index (χ3v) is 5.13. The zero-order valence-electron chi connectivity index (χ0n) is 16.1. The Bertz CT molecular complexity index is 748. The summed E-state index contributed by atoms with van der Waals surface area (Å²) >= 11 is 0. The number of Topliss-reactive ketones (excluding diaryl/α,β-unsaturated/α-hetero) is 1. The first kappa shape index (κ1) is 20.5. The lowest BCUT2D eigenvalue weighted by Crippen LogP contribution is -2.49. The molecule has 0 N–H and O–H groups in total. The van der Waals surface area contributed by atoms with Crippen LogP contribution in [-0.2, 0) is 4.74 Å². The average Bonchev–Trinajstić information content (AvgIpc) is 2.83. The maximum atomic E-state index is 13.4. The second-order valence-electron chi connectivity index (χ2n) is 8.32. The fourth-order valence-electron chi connectivity index (χ4n) is 4.12. The number of amides is 1. The molecular weight excluding hydrogens is 375 g/mol. The molecule has 2 aliphatic heterocycles. The van der Waals surface area contributed by atoms with Gasteiger partial charge in [-0.05, 0) is 58.6 Å². The molecular formula is C20H24F3NO4. The van der Waals surface area contributed by atoms with Crippen molar-refractivity contribution in [1.29, 1.82) is 0 Å². The highest BCUT2D eigenvalue weighted by molar-refractivity contribution is 6.00. The quantitative estimate of drug-likeness (QED) is 0.684. The largest absolute Gasteiger partial charge is 0.444 e. The van der Waals surface area contributed by atoms with E-state index in [1.54, 1.807) is 25.7 Å². The molecule has 154 valence electrons. The Morgan fingerprint density at radius 3 is 2.29 bits per heavy atom. The highest BCUT2D eigenvalue weighted by atomic mass is 19.3. The maximum Gasteiger partial charge on any atom is 0.410 e. The molecule has 0 saturated carbocycles. The molecule has 0 radical (unpaired) electrons. The van der Waals surface area contributed by atoms with Crippen LogP contribution in [0.25, 0.3) is 0 Å². The molecule has 2 aliphatic rings. The van der Waals surface area contributed by atoms with Crippen LogP contribution < -0.4 is 4.74 Å². The summed E-state index contributed by atoms with van der Waals surface area (Å²) in [5, 5.41) is 0. The zero-order valence-corrected chi connectivity index (χ0v) is 16.1. The van der Waals surface area contributed by atoms with Gasteiger partial charge in [0.05, 0.1) is 5.56 Å². The van der Waals surface area contributed by atoms with Crippen LogP contribution in [-0.4, -0.2) is 41.1 Å². The molecule has 0 spiro atoms. The van der Waals surface area contributed by atoms with Gasteiger partial charge in [0.15, 0.2) is 5.78 Å². The predicted octanol–water partition coefficient (Wildman–Crippen LogP) is 4.79. The number of hydrogen-bond acceptors (Lipinski definition) is 4. The number of piperidine rings is 1. The van der Waals surface area contributed by atoms with E-state index < -0.39 is 35.8 Å². The van der Waals surface area contributed by atoms with Crippen molar-refractivity contribution in [3.8, 4) is 5.75 Å². The topological polar surface area (TPSA) is 55.8 Å². The van der Waals surface area contributed by atoms with Crippen molar-refractivity contribution in [3.63, 3.8) is 0 Å². The van der Waals surface area contributed by atoms with Crippen molar-refractivity contribution in [1.82, 2.24) is 4.90 Å². The minimum Gasteiger partial charge on any atom is -0.444 e. The average molecular weight is 399 g/mol. The Labute approximate surface area is 161 Å². The summed E-state index contributed by atoms with van der Waals surface area (Å²) in [6.07, 6.45) is 1.96. The number of benzene rings is 1. The second-order valence-corrected chi connectivity index (χ2v) is 8.32. The maximum absolute atomic E-state index is 13.4. The first-order valence-corrected chi connectivity index (χ1v) is 9.35. The molecule has 2 heterocycles. The molecule has 2 unspecified atom stereocenters. The van der Waals surface area contributed by atoms with Gasteiger partial charge in [0.2, 0.25) is 0 Å². The number of fused-ring (bicyclic) bond motifs is 2. The van der Waals surface area contributed by atoms with Gasteiger partial charge in [-0.25, -0.2) is 9.18 Å². The van der Waals surface area contributed by atoms with Gasteiger partial charge < -0.3 is 14.4 Å². The van der Waals surface area contributed by atoms with E-state index in [4.69, 9.17) is 4.74 Å². The summed E-state index contributed by atoms with van der Waals surface area (Å²) in [5.41, 5.74) is -0.671. The van der Waals surface area contributed by atoms with E-state index in [1.807, 2.05) is 0 Å². The predicted molar refractivity (Wildman–Crippen MR) is 95.0 cm³/mol. The lowest BCUT2D eigenvalue weighted by atomic mass is 9.84. The molecule has 5 nitrogen and oxygen atoms in total. The summed E-state index contributed by atoms with van der Waals surface area (Å²) in [7, 11) is 0. The van der Waals surface area contributed by atoms with Crippen molar-refractivity contribution in [3.05, 3.63) is 29.6 Å². The van der Waals surface area contributed by atoms with Gasteiger partial charge in [-0.2, -0.15) is 8.78 Å². The van der Waals surface area contributed by atoms with Crippen molar-refractivity contribution < 1.29 is 32.2 Å². The van der Waals surface area contributed by atoms with Gasteiger partial charge in [0, 0.05) is 24.1 Å². The summed E-state index contributed by atoms with van der Waals surface area (Å²) in [6, 6.07) is 2.75. The monoisotopic (exact) mass is 399 g/mol.